The number of ether oxygens (including phenoxy) is 1. The van der Waals surface area contributed by atoms with Crippen molar-refractivity contribution in [2.75, 3.05) is 6.61 Å². The summed E-state index contributed by atoms with van der Waals surface area (Å²) in [6, 6.07) is 9.88. The van der Waals surface area contributed by atoms with Crippen LogP contribution in [0.3, 0.4) is 0 Å². The van der Waals surface area contributed by atoms with Gasteiger partial charge in [0.25, 0.3) is 0 Å². The molecule has 1 aromatic carbocycles. The molecule has 3 aromatic rings. The Morgan fingerprint density at radius 3 is 2.88 bits per heavy atom. The van der Waals surface area contributed by atoms with Crippen molar-refractivity contribution in [2.24, 2.45) is 0 Å². The molecule has 124 valence electrons. The van der Waals surface area contributed by atoms with E-state index in [0.717, 1.165) is 28.4 Å². The molecule has 0 aliphatic heterocycles. The molecule has 0 aliphatic carbocycles. The molecule has 0 bridgehead atoms. The number of hydrogen-bond acceptors (Lipinski definition) is 4. The van der Waals surface area contributed by atoms with Crippen molar-refractivity contribution in [3.63, 3.8) is 0 Å². The molecule has 3 rings (SSSR count). The minimum atomic E-state index is 0.434. The maximum absolute atomic E-state index is 11.1. The first-order chi connectivity index (χ1) is 11.6. The fourth-order valence-electron chi connectivity index (χ4n) is 2.55. The molecule has 0 atom stereocenters. The largest absolute Gasteiger partial charge is 0.493 e. The van der Waals surface area contributed by atoms with Crippen LogP contribution in [0.1, 0.15) is 42.7 Å². The van der Waals surface area contributed by atoms with Gasteiger partial charge in [0, 0.05) is 17.1 Å². The maximum Gasteiger partial charge on any atom is 0.194 e. The standard InChI is InChI=1S/C19H20N2O2S/c1-4-23-18-8-7-14(13(2)3)10-16(18)17-12-24-19(20-17)21-9-5-6-15(21)11-22/h5-13H,4H2,1-3H3. The van der Waals surface area contributed by atoms with Crippen molar-refractivity contribution < 1.29 is 9.53 Å². The monoisotopic (exact) mass is 340 g/mol. The molecule has 0 amide bonds. The molecule has 0 N–H and O–H groups in total. The zero-order chi connectivity index (χ0) is 17.1. The Morgan fingerprint density at radius 1 is 1.33 bits per heavy atom. The Labute approximate surface area is 145 Å². The third kappa shape index (κ3) is 3.12. The predicted molar refractivity (Wildman–Crippen MR) is 97.5 cm³/mol. The van der Waals surface area contributed by atoms with Gasteiger partial charge in [0.2, 0.25) is 0 Å². The van der Waals surface area contributed by atoms with Crippen LogP contribution in [0.2, 0.25) is 0 Å². The number of carbonyl (C=O) groups excluding carboxylic acids is 1. The van der Waals surface area contributed by atoms with Gasteiger partial charge >= 0.3 is 0 Å². The van der Waals surface area contributed by atoms with E-state index in [2.05, 4.69) is 26.0 Å². The van der Waals surface area contributed by atoms with Gasteiger partial charge in [0.15, 0.2) is 11.4 Å². The van der Waals surface area contributed by atoms with E-state index in [1.165, 1.54) is 16.9 Å². The van der Waals surface area contributed by atoms with Gasteiger partial charge in [-0.25, -0.2) is 4.98 Å². The van der Waals surface area contributed by atoms with Gasteiger partial charge < -0.3 is 4.74 Å². The topological polar surface area (TPSA) is 44.1 Å². The van der Waals surface area contributed by atoms with Crippen LogP contribution in [0.4, 0.5) is 0 Å². The molecule has 0 saturated heterocycles. The third-order valence-corrected chi connectivity index (χ3v) is 4.69. The summed E-state index contributed by atoms with van der Waals surface area (Å²) in [5.41, 5.74) is 3.70. The lowest BCUT2D eigenvalue weighted by molar-refractivity contribution is 0.111. The molecular weight excluding hydrogens is 320 g/mol. The number of nitrogens with zero attached hydrogens (tertiary/aromatic N) is 2. The summed E-state index contributed by atoms with van der Waals surface area (Å²) < 4.78 is 7.57. The van der Waals surface area contributed by atoms with Crippen LogP contribution in [0.25, 0.3) is 16.4 Å². The van der Waals surface area contributed by atoms with Crippen molar-refractivity contribution in [1.29, 1.82) is 0 Å². The molecule has 5 heteroatoms. The lowest BCUT2D eigenvalue weighted by atomic mass is 9.99. The van der Waals surface area contributed by atoms with Crippen molar-refractivity contribution in [3.8, 4) is 22.1 Å². The number of rotatable bonds is 6. The van der Waals surface area contributed by atoms with Crippen LogP contribution in [0, 0.1) is 0 Å². The van der Waals surface area contributed by atoms with E-state index in [1.54, 1.807) is 10.6 Å². The van der Waals surface area contributed by atoms with Gasteiger partial charge in [-0.1, -0.05) is 19.9 Å². The summed E-state index contributed by atoms with van der Waals surface area (Å²) in [5.74, 6) is 1.27. The minimum absolute atomic E-state index is 0.434. The highest BCUT2D eigenvalue weighted by Crippen LogP contribution is 2.34. The average molecular weight is 340 g/mol. The Kier molecular flexibility index (Phi) is 4.81. The second-order valence-corrected chi connectivity index (χ2v) is 6.62. The Hall–Kier alpha value is -2.40. The zero-order valence-corrected chi connectivity index (χ0v) is 14.8. The summed E-state index contributed by atoms with van der Waals surface area (Å²) in [6.45, 7) is 6.92. The molecule has 4 nitrogen and oxygen atoms in total. The summed E-state index contributed by atoms with van der Waals surface area (Å²) in [4.78, 5) is 15.9. The molecule has 2 heterocycles. The molecular formula is C19H20N2O2S. The van der Waals surface area contributed by atoms with E-state index >= 15 is 0 Å². The fourth-order valence-corrected chi connectivity index (χ4v) is 3.38. The summed E-state index contributed by atoms with van der Waals surface area (Å²) in [7, 11) is 0. The first-order valence-corrected chi connectivity index (χ1v) is 8.87. The van der Waals surface area contributed by atoms with E-state index in [-0.39, 0.29) is 0 Å². The van der Waals surface area contributed by atoms with Crippen LogP contribution < -0.4 is 4.74 Å². The summed E-state index contributed by atoms with van der Waals surface area (Å²) in [6.07, 6.45) is 2.69. The molecule has 0 fully saturated rings. The first kappa shape index (κ1) is 16.5. The van der Waals surface area contributed by atoms with Gasteiger partial charge in [0.05, 0.1) is 18.0 Å². The summed E-state index contributed by atoms with van der Waals surface area (Å²) >= 11 is 1.51. The van der Waals surface area contributed by atoms with E-state index in [4.69, 9.17) is 9.72 Å². The quantitative estimate of drug-likeness (QED) is 0.597. The second kappa shape index (κ2) is 7.01. The van der Waals surface area contributed by atoms with Gasteiger partial charge in [-0.15, -0.1) is 11.3 Å². The fraction of sp³-hybridized carbons (Fsp3) is 0.263. The van der Waals surface area contributed by atoms with Crippen LogP contribution in [0.15, 0.2) is 41.9 Å². The van der Waals surface area contributed by atoms with E-state index in [9.17, 15) is 4.79 Å². The average Bonchev–Trinajstić information content (AvgIpc) is 3.23. The summed E-state index contributed by atoms with van der Waals surface area (Å²) in [5, 5.41) is 2.78. The number of thiazole rings is 1. The Balaban J connectivity index is 2.05. The van der Waals surface area contributed by atoms with Crippen molar-refractivity contribution in [2.45, 2.75) is 26.7 Å². The van der Waals surface area contributed by atoms with E-state index in [0.29, 0.717) is 18.2 Å². The Morgan fingerprint density at radius 2 is 2.17 bits per heavy atom. The van der Waals surface area contributed by atoms with Crippen LogP contribution in [-0.4, -0.2) is 22.4 Å². The maximum atomic E-state index is 11.1. The third-order valence-electron chi connectivity index (χ3n) is 3.85. The molecule has 0 aliphatic rings. The highest BCUT2D eigenvalue weighted by molar-refractivity contribution is 7.12. The van der Waals surface area contributed by atoms with Crippen molar-refractivity contribution in [3.05, 3.63) is 53.2 Å². The number of aromatic nitrogens is 2. The van der Waals surface area contributed by atoms with Crippen LogP contribution in [-0.2, 0) is 0 Å². The molecule has 0 saturated carbocycles. The highest BCUT2D eigenvalue weighted by atomic mass is 32.1. The lowest BCUT2D eigenvalue weighted by Crippen LogP contribution is -1.98. The zero-order valence-electron chi connectivity index (χ0n) is 14.0. The van der Waals surface area contributed by atoms with Crippen LogP contribution >= 0.6 is 11.3 Å². The SMILES string of the molecule is CCOc1ccc(C(C)C)cc1-c1csc(-n2cccc2C=O)n1. The number of carbonyl (C=O) groups is 1. The predicted octanol–water partition coefficient (Wildman–Crippen LogP) is 4.94. The number of hydrogen-bond donors (Lipinski definition) is 0. The smallest absolute Gasteiger partial charge is 0.194 e. The van der Waals surface area contributed by atoms with Crippen molar-refractivity contribution >= 4 is 17.6 Å². The lowest BCUT2D eigenvalue weighted by Gasteiger charge is -2.12. The van der Waals surface area contributed by atoms with E-state index in [1.807, 2.05) is 30.6 Å². The van der Waals surface area contributed by atoms with E-state index < -0.39 is 0 Å². The Bertz CT molecular complexity index is 849. The van der Waals surface area contributed by atoms with Gasteiger partial charge in [-0.05, 0) is 42.7 Å². The highest BCUT2D eigenvalue weighted by Gasteiger charge is 2.14. The van der Waals surface area contributed by atoms with Crippen molar-refractivity contribution in [1.82, 2.24) is 9.55 Å². The normalized spacial score (nSPS) is 11.0. The van der Waals surface area contributed by atoms with Gasteiger partial charge in [-0.3, -0.25) is 9.36 Å². The first-order valence-electron chi connectivity index (χ1n) is 7.99. The molecule has 0 unspecified atom stereocenters. The number of benzene rings is 1. The molecule has 2 aromatic heterocycles. The second-order valence-electron chi connectivity index (χ2n) is 5.78. The molecule has 24 heavy (non-hydrogen) atoms. The van der Waals surface area contributed by atoms with Gasteiger partial charge in [0.1, 0.15) is 5.75 Å². The molecule has 0 radical (unpaired) electrons. The number of aldehydes is 1. The van der Waals surface area contributed by atoms with Gasteiger partial charge in [-0.2, -0.15) is 0 Å². The van der Waals surface area contributed by atoms with Crippen LogP contribution in [0.5, 0.6) is 5.75 Å². The minimum Gasteiger partial charge on any atom is -0.493 e. The molecule has 0 spiro atoms.